The van der Waals surface area contributed by atoms with Gasteiger partial charge in [0.25, 0.3) is 5.91 Å². The Morgan fingerprint density at radius 2 is 1.71 bits per heavy atom. The van der Waals surface area contributed by atoms with Crippen LogP contribution in [0.25, 0.3) is 10.2 Å². The van der Waals surface area contributed by atoms with Gasteiger partial charge in [-0.15, -0.1) is 0 Å². The number of benzene rings is 2. The molecule has 1 aromatic heterocycles. The third-order valence-corrected chi connectivity index (χ3v) is 7.75. The molecule has 0 spiro atoms. The number of anilines is 2. The highest BCUT2D eigenvalue weighted by molar-refractivity contribution is 7.22. The number of fused-ring (bicyclic) bond motifs is 1. The molecule has 3 amide bonds. The van der Waals surface area contributed by atoms with Crippen molar-refractivity contribution in [1.29, 1.82) is 0 Å². The Balaban J connectivity index is 1.09. The summed E-state index contributed by atoms with van der Waals surface area (Å²) < 4.78 is 1.25. The van der Waals surface area contributed by atoms with E-state index < -0.39 is 0 Å². The first-order chi connectivity index (χ1) is 17.0. The van der Waals surface area contributed by atoms with Crippen LogP contribution in [-0.2, 0) is 16.0 Å². The molecule has 2 fully saturated rings. The summed E-state index contributed by atoms with van der Waals surface area (Å²) in [6.07, 6.45) is 1.48. The number of carbonyl (C=O) groups excluding carboxylic acids is 3. The lowest BCUT2D eigenvalue weighted by Gasteiger charge is -2.34. The fourth-order valence-corrected chi connectivity index (χ4v) is 5.70. The van der Waals surface area contributed by atoms with Crippen LogP contribution in [0.15, 0.2) is 42.5 Å². The average Bonchev–Trinajstić information content (AvgIpc) is 3.47. The van der Waals surface area contributed by atoms with Crippen molar-refractivity contribution in [3.05, 3.63) is 53.6 Å². The molecule has 0 saturated carbocycles. The predicted octanol–water partition coefficient (Wildman–Crippen LogP) is 3.06. The van der Waals surface area contributed by atoms with Gasteiger partial charge >= 0.3 is 0 Å². The van der Waals surface area contributed by atoms with Gasteiger partial charge in [0.15, 0.2) is 5.13 Å². The molecule has 0 radical (unpaired) electrons. The second kappa shape index (κ2) is 10.1. The quantitative estimate of drug-likeness (QED) is 0.512. The van der Waals surface area contributed by atoms with Crippen LogP contribution < -0.4 is 15.1 Å². The van der Waals surface area contributed by atoms with Crippen LogP contribution in [-0.4, -0.2) is 66.9 Å². The zero-order valence-corrected chi connectivity index (χ0v) is 20.6. The Labute approximate surface area is 208 Å². The van der Waals surface area contributed by atoms with Gasteiger partial charge in [-0.3, -0.25) is 24.2 Å². The average molecular weight is 492 g/mol. The van der Waals surface area contributed by atoms with Crippen LogP contribution in [0.4, 0.5) is 10.8 Å². The molecule has 0 aliphatic carbocycles. The summed E-state index contributed by atoms with van der Waals surface area (Å²) in [7, 11) is 0. The molecule has 182 valence electrons. The van der Waals surface area contributed by atoms with Crippen molar-refractivity contribution >= 4 is 50.1 Å². The van der Waals surface area contributed by atoms with Gasteiger partial charge in [-0.05, 0) is 42.3 Å². The molecule has 0 unspecified atom stereocenters. The number of thiazole rings is 1. The van der Waals surface area contributed by atoms with Gasteiger partial charge in [0.1, 0.15) is 0 Å². The number of nitrogens with zero attached hydrogens (tertiary/aromatic N) is 4. The number of carbonyl (C=O) groups is 3. The zero-order valence-electron chi connectivity index (χ0n) is 19.8. The summed E-state index contributed by atoms with van der Waals surface area (Å²) in [6, 6.07) is 13.0. The number of nitrogens with one attached hydrogen (secondary N) is 1. The van der Waals surface area contributed by atoms with Gasteiger partial charge in [-0.2, -0.15) is 0 Å². The monoisotopic (exact) mass is 491 g/mol. The zero-order chi connectivity index (χ0) is 24.4. The Kier molecular flexibility index (Phi) is 6.79. The first-order valence-corrected chi connectivity index (χ1v) is 12.9. The summed E-state index contributed by atoms with van der Waals surface area (Å²) in [5.74, 6) is -0.544. The van der Waals surface area contributed by atoms with Crippen molar-refractivity contribution in [3.8, 4) is 0 Å². The number of hydrogen-bond acceptors (Lipinski definition) is 7. The number of amides is 3. The molecule has 2 aliphatic heterocycles. The maximum atomic E-state index is 12.5. The molecule has 2 aliphatic rings. The molecule has 9 heteroatoms. The van der Waals surface area contributed by atoms with E-state index in [-0.39, 0.29) is 30.6 Å². The van der Waals surface area contributed by atoms with E-state index in [1.54, 1.807) is 35.6 Å². The number of aromatic nitrogens is 1. The first kappa shape index (κ1) is 23.4. The van der Waals surface area contributed by atoms with Crippen LogP contribution in [0.1, 0.15) is 35.7 Å². The van der Waals surface area contributed by atoms with Crippen LogP contribution in [0, 0.1) is 0 Å². The molecule has 5 rings (SSSR count). The van der Waals surface area contributed by atoms with Crippen molar-refractivity contribution in [1.82, 2.24) is 15.2 Å². The summed E-state index contributed by atoms with van der Waals surface area (Å²) in [4.78, 5) is 47.1. The highest BCUT2D eigenvalue weighted by Crippen LogP contribution is 2.31. The Bertz CT molecular complexity index is 1230. The fraction of sp³-hybridized carbons (Fsp3) is 0.385. The number of piperazine rings is 1. The minimum atomic E-state index is -0.193. The third-order valence-electron chi connectivity index (χ3n) is 6.67. The number of para-hydroxylation sites is 1. The molecule has 8 nitrogen and oxygen atoms in total. The maximum Gasteiger partial charge on any atom is 0.251 e. The van der Waals surface area contributed by atoms with Gasteiger partial charge in [0, 0.05) is 57.7 Å². The van der Waals surface area contributed by atoms with E-state index in [0.717, 1.165) is 49.8 Å². The number of rotatable bonds is 7. The maximum absolute atomic E-state index is 12.5. The van der Waals surface area contributed by atoms with Gasteiger partial charge < -0.3 is 10.2 Å². The van der Waals surface area contributed by atoms with Gasteiger partial charge in [-0.1, -0.05) is 30.4 Å². The number of aryl methyl sites for hydroxylation is 1. The van der Waals surface area contributed by atoms with E-state index in [0.29, 0.717) is 17.8 Å². The number of imide groups is 1. The molecule has 0 bridgehead atoms. The summed E-state index contributed by atoms with van der Waals surface area (Å²) >= 11 is 1.76. The lowest BCUT2D eigenvalue weighted by Crippen LogP contribution is -2.48. The van der Waals surface area contributed by atoms with Crippen molar-refractivity contribution < 1.29 is 14.4 Å². The van der Waals surface area contributed by atoms with Crippen molar-refractivity contribution in [3.63, 3.8) is 0 Å². The lowest BCUT2D eigenvalue weighted by molar-refractivity contribution is -0.121. The summed E-state index contributed by atoms with van der Waals surface area (Å²) in [5, 5.41) is 4.07. The molecule has 3 heterocycles. The molecular weight excluding hydrogens is 462 g/mol. The van der Waals surface area contributed by atoms with E-state index in [1.807, 2.05) is 0 Å². The summed E-state index contributed by atoms with van der Waals surface area (Å²) in [5.41, 5.74) is 3.46. The molecular formula is C26H29N5O3S. The molecule has 2 saturated heterocycles. The topological polar surface area (TPSA) is 85.9 Å². The normalized spacial score (nSPS) is 16.9. The minimum Gasteiger partial charge on any atom is -0.351 e. The lowest BCUT2D eigenvalue weighted by atomic mass is 10.1. The van der Waals surface area contributed by atoms with Crippen LogP contribution >= 0.6 is 11.3 Å². The van der Waals surface area contributed by atoms with Crippen molar-refractivity contribution in [2.24, 2.45) is 0 Å². The second-order valence-electron chi connectivity index (χ2n) is 8.87. The minimum absolute atomic E-state index is 0.157. The Morgan fingerprint density at radius 3 is 2.40 bits per heavy atom. The third kappa shape index (κ3) is 4.92. The van der Waals surface area contributed by atoms with Crippen molar-refractivity contribution in [2.75, 3.05) is 49.1 Å². The molecule has 1 N–H and O–H groups in total. The predicted molar refractivity (Wildman–Crippen MR) is 138 cm³/mol. The van der Waals surface area contributed by atoms with Crippen LogP contribution in [0.3, 0.4) is 0 Å². The molecule has 3 aromatic rings. The van der Waals surface area contributed by atoms with Gasteiger partial charge in [0.2, 0.25) is 11.8 Å². The standard InChI is InChI=1S/C26H29N5O3S/c1-2-18-4-3-5-21-24(18)28-26(35-21)30-16-14-29(15-17-30)13-12-27-25(34)19-6-8-20(9-7-19)31-22(32)10-11-23(31)33/h3-9H,2,10-17H2,1H3,(H,27,34). The highest BCUT2D eigenvalue weighted by atomic mass is 32.1. The molecule has 2 aromatic carbocycles. The SMILES string of the molecule is CCc1cccc2sc(N3CCN(CCNC(=O)c4ccc(N5C(=O)CCC5=O)cc4)CC3)nc12. The molecule has 0 atom stereocenters. The van der Waals surface area contributed by atoms with Crippen LogP contribution in [0.5, 0.6) is 0 Å². The van der Waals surface area contributed by atoms with E-state index in [1.165, 1.54) is 15.2 Å². The van der Waals surface area contributed by atoms with Crippen LogP contribution in [0.2, 0.25) is 0 Å². The number of hydrogen-bond donors (Lipinski definition) is 1. The highest BCUT2D eigenvalue weighted by Gasteiger charge is 2.30. The smallest absolute Gasteiger partial charge is 0.251 e. The first-order valence-electron chi connectivity index (χ1n) is 12.1. The Hall–Kier alpha value is -3.30. The van der Waals surface area contributed by atoms with Gasteiger partial charge in [-0.25, -0.2) is 4.98 Å². The Morgan fingerprint density at radius 1 is 1.00 bits per heavy atom. The van der Waals surface area contributed by atoms with E-state index >= 15 is 0 Å². The van der Waals surface area contributed by atoms with Crippen molar-refractivity contribution in [2.45, 2.75) is 26.2 Å². The second-order valence-corrected chi connectivity index (χ2v) is 9.88. The van der Waals surface area contributed by atoms with E-state index in [9.17, 15) is 14.4 Å². The van der Waals surface area contributed by atoms with Gasteiger partial charge in [0.05, 0.1) is 15.9 Å². The van der Waals surface area contributed by atoms with E-state index in [4.69, 9.17) is 4.98 Å². The fourth-order valence-electron chi connectivity index (χ4n) is 4.63. The van der Waals surface area contributed by atoms with E-state index in [2.05, 4.69) is 40.2 Å². The molecule has 35 heavy (non-hydrogen) atoms. The summed E-state index contributed by atoms with van der Waals surface area (Å²) in [6.45, 7) is 7.21. The largest absolute Gasteiger partial charge is 0.351 e.